The molecule has 0 atom stereocenters. The highest BCUT2D eigenvalue weighted by atomic mass is 32.2. The smallest absolute Gasteiger partial charge is 0.331 e. The molecule has 0 N–H and O–H groups in total. The number of hydrogen-bond acceptors (Lipinski definition) is 6. The molecule has 0 spiro atoms. The normalized spacial score (nSPS) is 13.7. The van der Waals surface area contributed by atoms with Gasteiger partial charge in [0.05, 0.1) is 17.6 Å². The number of ketones is 1. The molecule has 0 fully saturated rings. The van der Waals surface area contributed by atoms with Crippen molar-refractivity contribution in [1.82, 2.24) is 9.78 Å². The van der Waals surface area contributed by atoms with Gasteiger partial charge in [0.25, 0.3) is 0 Å². The van der Waals surface area contributed by atoms with E-state index in [1.807, 2.05) is 20.9 Å². The predicted octanol–water partition coefficient (Wildman–Crippen LogP) is 1.80. The molecule has 0 aliphatic carbocycles. The summed E-state index contributed by atoms with van der Waals surface area (Å²) in [6, 6.07) is 4.83. The topological polar surface area (TPSA) is 98.6 Å². The van der Waals surface area contributed by atoms with E-state index in [0.717, 1.165) is 28.8 Å². The Morgan fingerprint density at radius 3 is 2.62 bits per heavy atom. The van der Waals surface area contributed by atoms with Gasteiger partial charge in [-0.05, 0) is 50.1 Å². The molecule has 0 unspecified atom stereocenters. The highest BCUT2D eigenvalue weighted by Gasteiger charge is 2.26. The van der Waals surface area contributed by atoms with Crippen molar-refractivity contribution in [2.45, 2.75) is 20.3 Å². The van der Waals surface area contributed by atoms with Crippen LogP contribution in [0.15, 0.2) is 24.3 Å². The van der Waals surface area contributed by atoms with Crippen LogP contribution in [0.1, 0.15) is 32.9 Å². The maximum atomic E-state index is 12.4. The van der Waals surface area contributed by atoms with E-state index >= 15 is 0 Å². The lowest BCUT2D eigenvalue weighted by Gasteiger charge is -2.16. The van der Waals surface area contributed by atoms with Crippen molar-refractivity contribution in [3.8, 4) is 0 Å². The molecule has 2 aromatic rings. The first-order valence-electron chi connectivity index (χ1n) is 9.07. The molecule has 29 heavy (non-hydrogen) atoms. The number of Topliss-reactive ketones (excluding diaryl/α,β-unsaturated/α-hetero) is 1. The lowest BCUT2D eigenvalue weighted by molar-refractivity contribution is -0.136. The number of fused-ring (bicyclic) bond motifs is 1. The number of carbonyl (C=O) groups excluding carboxylic acids is 2. The summed E-state index contributed by atoms with van der Waals surface area (Å²) in [5.74, 6) is -0.966. The van der Waals surface area contributed by atoms with Gasteiger partial charge in [0, 0.05) is 36.5 Å². The van der Waals surface area contributed by atoms with Crippen LogP contribution in [0.2, 0.25) is 0 Å². The van der Waals surface area contributed by atoms with Crippen molar-refractivity contribution in [3.63, 3.8) is 0 Å². The van der Waals surface area contributed by atoms with Crippen molar-refractivity contribution in [1.29, 1.82) is 0 Å². The number of aryl methyl sites for hydroxylation is 2. The molecule has 0 amide bonds. The van der Waals surface area contributed by atoms with Crippen molar-refractivity contribution < 1.29 is 22.7 Å². The number of esters is 1. The Morgan fingerprint density at radius 1 is 1.28 bits per heavy atom. The molecule has 9 heteroatoms. The second-order valence-corrected chi connectivity index (χ2v) is 8.91. The number of ether oxygens (including phenoxy) is 1. The van der Waals surface area contributed by atoms with E-state index < -0.39 is 16.0 Å². The van der Waals surface area contributed by atoms with Gasteiger partial charge in [0.2, 0.25) is 10.0 Å². The number of sulfonamides is 1. The second-order valence-electron chi connectivity index (χ2n) is 7.00. The third kappa shape index (κ3) is 4.40. The van der Waals surface area contributed by atoms with Crippen LogP contribution in [-0.2, 0) is 33.0 Å². The van der Waals surface area contributed by atoms with Gasteiger partial charge in [0.15, 0.2) is 12.4 Å². The lowest BCUT2D eigenvalue weighted by atomic mass is 10.1. The van der Waals surface area contributed by atoms with Gasteiger partial charge < -0.3 is 4.74 Å². The van der Waals surface area contributed by atoms with Gasteiger partial charge in [-0.25, -0.2) is 13.2 Å². The largest absolute Gasteiger partial charge is 0.454 e. The Hall–Kier alpha value is -2.94. The third-order valence-corrected chi connectivity index (χ3v) is 6.13. The molecular weight excluding hydrogens is 394 g/mol. The van der Waals surface area contributed by atoms with Crippen molar-refractivity contribution in [2.24, 2.45) is 7.05 Å². The Labute approximate surface area is 169 Å². The number of hydrogen-bond donors (Lipinski definition) is 0. The minimum atomic E-state index is -3.34. The first-order valence-corrected chi connectivity index (χ1v) is 10.9. The van der Waals surface area contributed by atoms with Gasteiger partial charge in [0.1, 0.15) is 0 Å². The standard InChI is InChI=1S/C20H23N3O5S/c1-13-17(14(2)22(3)21-13)6-8-20(25)28-12-19(24)16-5-7-18-15(11-16)9-10-23(18)29(4,26)27/h5-8,11H,9-10,12H2,1-4H3/b8-6+. The Morgan fingerprint density at radius 2 is 2.00 bits per heavy atom. The second kappa shape index (κ2) is 7.82. The van der Waals surface area contributed by atoms with Crippen molar-refractivity contribution in [2.75, 3.05) is 23.7 Å². The number of carbonyl (C=O) groups is 2. The van der Waals surface area contributed by atoms with Crippen LogP contribution in [0.25, 0.3) is 6.08 Å². The number of nitrogens with zero attached hydrogens (tertiary/aromatic N) is 3. The van der Waals surface area contributed by atoms with Crippen molar-refractivity contribution in [3.05, 3.63) is 52.4 Å². The Bertz CT molecular complexity index is 1120. The summed E-state index contributed by atoms with van der Waals surface area (Å²) in [5, 5.41) is 4.27. The fourth-order valence-electron chi connectivity index (χ4n) is 3.34. The van der Waals surface area contributed by atoms with E-state index in [-0.39, 0.29) is 12.4 Å². The molecule has 154 valence electrons. The number of rotatable bonds is 6. The molecule has 0 bridgehead atoms. The van der Waals surface area contributed by atoms with E-state index in [2.05, 4.69) is 5.10 Å². The van der Waals surface area contributed by atoms with Crippen LogP contribution in [0.5, 0.6) is 0 Å². The summed E-state index contributed by atoms with van der Waals surface area (Å²) in [7, 11) is -1.52. The maximum absolute atomic E-state index is 12.4. The van der Waals surface area contributed by atoms with Crippen molar-refractivity contribution >= 4 is 33.5 Å². The molecule has 0 saturated carbocycles. The van der Waals surface area contributed by atoms with Crippen LogP contribution < -0.4 is 4.31 Å². The quantitative estimate of drug-likeness (QED) is 0.404. The molecule has 1 aromatic heterocycles. The van der Waals surface area contributed by atoms with E-state index in [4.69, 9.17) is 4.74 Å². The minimum Gasteiger partial charge on any atom is -0.454 e. The Kier molecular flexibility index (Phi) is 5.61. The average Bonchev–Trinajstić information content (AvgIpc) is 3.18. The SMILES string of the molecule is Cc1nn(C)c(C)c1/C=C/C(=O)OCC(=O)c1ccc2c(c1)CCN2S(C)(=O)=O. The fourth-order valence-corrected chi connectivity index (χ4v) is 4.30. The minimum absolute atomic E-state index is 0.346. The molecule has 0 saturated heterocycles. The van der Waals surface area contributed by atoms with E-state index in [0.29, 0.717) is 24.2 Å². The van der Waals surface area contributed by atoms with Crippen LogP contribution in [-0.4, -0.2) is 49.4 Å². The summed E-state index contributed by atoms with van der Waals surface area (Å²) in [6.45, 7) is 3.72. The monoisotopic (exact) mass is 417 g/mol. The summed E-state index contributed by atoms with van der Waals surface area (Å²) >= 11 is 0. The molecule has 1 aliphatic heterocycles. The predicted molar refractivity (Wildman–Crippen MR) is 109 cm³/mol. The highest BCUT2D eigenvalue weighted by molar-refractivity contribution is 7.92. The van der Waals surface area contributed by atoms with E-state index in [1.54, 1.807) is 29.0 Å². The van der Waals surface area contributed by atoms with Crippen LogP contribution >= 0.6 is 0 Å². The third-order valence-electron chi connectivity index (χ3n) is 4.95. The van der Waals surface area contributed by atoms with Gasteiger partial charge in [-0.1, -0.05) is 0 Å². The zero-order chi connectivity index (χ0) is 21.3. The summed E-state index contributed by atoms with van der Waals surface area (Å²) in [4.78, 5) is 24.3. The maximum Gasteiger partial charge on any atom is 0.331 e. The fraction of sp³-hybridized carbons (Fsp3) is 0.350. The summed E-state index contributed by atoms with van der Waals surface area (Å²) < 4.78 is 31.7. The van der Waals surface area contributed by atoms with Gasteiger partial charge in [-0.3, -0.25) is 13.8 Å². The van der Waals surface area contributed by atoms with E-state index in [9.17, 15) is 18.0 Å². The molecule has 3 rings (SSSR count). The molecule has 2 heterocycles. The van der Waals surface area contributed by atoms with Gasteiger partial charge in [-0.2, -0.15) is 5.10 Å². The van der Waals surface area contributed by atoms with Gasteiger partial charge in [-0.15, -0.1) is 0 Å². The first kappa shape index (κ1) is 20.8. The molecular formula is C20H23N3O5S. The number of aromatic nitrogens is 2. The lowest BCUT2D eigenvalue weighted by Crippen LogP contribution is -2.27. The zero-order valence-electron chi connectivity index (χ0n) is 16.8. The molecule has 8 nitrogen and oxygen atoms in total. The Balaban J connectivity index is 1.63. The summed E-state index contributed by atoms with van der Waals surface area (Å²) in [6.07, 6.45) is 4.59. The first-order chi connectivity index (χ1) is 13.6. The zero-order valence-corrected chi connectivity index (χ0v) is 17.6. The molecule has 1 aliphatic rings. The number of benzene rings is 1. The van der Waals surface area contributed by atoms with Crippen LogP contribution in [0.4, 0.5) is 5.69 Å². The number of anilines is 1. The van der Waals surface area contributed by atoms with Gasteiger partial charge >= 0.3 is 5.97 Å². The average molecular weight is 417 g/mol. The van der Waals surface area contributed by atoms with Crippen LogP contribution in [0, 0.1) is 13.8 Å². The van der Waals surface area contributed by atoms with Crippen LogP contribution in [0.3, 0.4) is 0 Å². The summed E-state index contributed by atoms with van der Waals surface area (Å²) in [5.41, 5.74) is 4.32. The highest BCUT2D eigenvalue weighted by Crippen LogP contribution is 2.30. The molecule has 0 radical (unpaired) electrons. The van der Waals surface area contributed by atoms with E-state index in [1.165, 1.54) is 10.4 Å². The molecule has 1 aromatic carbocycles.